The van der Waals surface area contributed by atoms with E-state index >= 15 is 0 Å². The lowest BCUT2D eigenvalue weighted by molar-refractivity contribution is -0.133. The molecule has 0 atom stereocenters. The molecule has 1 amide bonds. The quantitative estimate of drug-likeness (QED) is 0.742. The molecule has 2 aromatic rings. The Balaban J connectivity index is 2.32. The van der Waals surface area contributed by atoms with E-state index in [1.165, 1.54) is 0 Å². The molecule has 132 valence electrons. The molecule has 1 aromatic carbocycles. The summed E-state index contributed by atoms with van der Waals surface area (Å²) in [5.74, 6) is 0.307. The van der Waals surface area contributed by atoms with Gasteiger partial charge in [-0.3, -0.25) is 13.9 Å². The maximum atomic E-state index is 12.7. The SMILES string of the molecule is CCn1c(=O)n(CC(=O)N(CCOC)CC(C)C)c2ccccc21. The van der Waals surface area contributed by atoms with Crippen molar-refractivity contribution in [2.24, 2.45) is 5.92 Å². The van der Waals surface area contributed by atoms with E-state index < -0.39 is 0 Å². The van der Waals surface area contributed by atoms with Crippen molar-refractivity contribution < 1.29 is 9.53 Å². The maximum Gasteiger partial charge on any atom is 0.329 e. The van der Waals surface area contributed by atoms with E-state index in [0.29, 0.717) is 32.2 Å². The Morgan fingerprint density at radius 3 is 2.38 bits per heavy atom. The topological polar surface area (TPSA) is 56.5 Å². The lowest BCUT2D eigenvalue weighted by atomic mass is 10.2. The van der Waals surface area contributed by atoms with E-state index in [0.717, 1.165) is 11.0 Å². The number of ether oxygens (including phenoxy) is 1. The smallest absolute Gasteiger partial charge is 0.329 e. The van der Waals surface area contributed by atoms with E-state index in [4.69, 9.17) is 4.74 Å². The van der Waals surface area contributed by atoms with Gasteiger partial charge in [-0.25, -0.2) is 4.79 Å². The van der Waals surface area contributed by atoms with Gasteiger partial charge < -0.3 is 9.64 Å². The molecule has 0 radical (unpaired) electrons. The summed E-state index contributed by atoms with van der Waals surface area (Å²) >= 11 is 0. The number of para-hydroxylation sites is 2. The Morgan fingerprint density at radius 1 is 1.21 bits per heavy atom. The fraction of sp³-hybridized carbons (Fsp3) is 0.556. The number of hydrogen-bond donors (Lipinski definition) is 0. The number of fused-ring (bicyclic) bond motifs is 1. The number of carbonyl (C=O) groups excluding carboxylic acids is 1. The van der Waals surface area contributed by atoms with Crippen molar-refractivity contribution in [3.8, 4) is 0 Å². The van der Waals surface area contributed by atoms with Crippen LogP contribution in [0.5, 0.6) is 0 Å². The second kappa shape index (κ2) is 8.15. The molecular formula is C18H27N3O3. The van der Waals surface area contributed by atoms with Crippen LogP contribution in [0.3, 0.4) is 0 Å². The predicted molar refractivity (Wildman–Crippen MR) is 95.2 cm³/mol. The Morgan fingerprint density at radius 2 is 1.83 bits per heavy atom. The number of carbonyl (C=O) groups is 1. The summed E-state index contributed by atoms with van der Waals surface area (Å²) in [5.41, 5.74) is 1.53. The molecule has 1 aromatic heterocycles. The molecule has 2 rings (SSSR count). The van der Waals surface area contributed by atoms with E-state index in [1.54, 1.807) is 21.1 Å². The summed E-state index contributed by atoms with van der Waals surface area (Å²) in [6.45, 7) is 8.40. The molecule has 6 nitrogen and oxygen atoms in total. The van der Waals surface area contributed by atoms with Crippen molar-refractivity contribution in [1.29, 1.82) is 0 Å². The van der Waals surface area contributed by atoms with Crippen molar-refractivity contribution >= 4 is 16.9 Å². The molecule has 24 heavy (non-hydrogen) atoms. The highest BCUT2D eigenvalue weighted by Crippen LogP contribution is 2.13. The third-order valence-electron chi connectivity index (χ3n) is 4.04. The van der Waals surface area contributed by atoms with Crippen molar-refractivity contribution in [2.75, 3.05) is 26.8 Å². The lowest BCUT2D eigenvalue weighted by Gasteiger charge is -2.24. The van der Waals surface area contributed by atoms with Crippen LogP contribution in [-0.4, -0.2) is 46.7 Å². The molecule has 0 aliphatic carbocycles. The van der Waals surface area contributed by atoms with Crippen LogP contribution in [0.1, 0.15) is 20.8 Å². The van der Waals surface area contributed by atoms with Crippen LogP contribution < -0.4 is 5.69 Å². The van der Waals surface area contributed by atoms with Gasteiger partial charge in [0.1, 0.15) is 6.54 Å². The minimum absolute atomic E-state index is 0.0538. The molecule has 0 aliphatic rings. The largest absolute Gasteiger partial charge is 0.383 e. The van der Waals surface area contributed by atoms with Gasteiger partial charge in [0, 0.05) is 26.7 Å². The highest BCUT2D eigenvalue weighted by atomic mass is 16.5. The Kier molecular flexibility index (Phi) is 6.20. The average Bonchev–Trinajstić information content (AvgIpc) is 2.82. The van der Waals surface area contributed by atoms with Crippen molar-refractivity contribution in [1.82, 2.24) is 14.0 Å². The number of aromatic nitrogens is 2. The van der Waals surface area contributed by atoms with Gasteiger partial charge in [-0.1, -0.05) is 26.0 Å². The molecule has 0 fully saturated rings. The number of rotatable bonds is 8. The summed E-state index contributed by atoms with van der Waals surface area (Å²) in [4.78, 5) is 27.2. The van der Waals surface area contributed by atoms with Crippen LogP contribution in [0.4, 0.5) is 0 Å². The summed E-state index contributed by atoms with van der Waals surface area (Å²) in [6.07, 6.45) is 0. The summed E-state index contributed by atoms with van der Waals surface area (Å²) in [5, 5.41) is 0. The molecule has 0 spiro atoms. The first-order chi connectivity index (χ1) is 11.5. The highest BCUT2D eigenvalue weighted by Gasteiger charge is 2.19. The van der Waals surface area contributed by atoms with Crippen LogP contribution in [0, 0.1) is 5.92 Å². The summed E-state index contributed by atoms with van der Waals surface area (Å²) < 4.78 is 8.37. The second-order valence-corrected chi connectivity index (χ2v) is 6.33. The molecule has 0 N–H and O–H groups in total. The fourth-order valence-corrected chi connectivity index (χ4v) is 2.93. The number of methoxy groups -OCH3 is 1. The molecule has 0 bridgehead atoms. The Hall–Kier alpha value is -2.08. The first-order valence-electron chi connectivity index (χ1n) is 8.44. The lowest BCUT2D eigenvalue weighted by Crippen LogP contribution is -2.40. The van der Waals surface area contributed by atoms with Crippen LogP contribution >= 0.6 is 0 Å². The van der Waals surface area contributed by atoms with Crippen molar-refractivity contribution in [3.05, 3.63) is 34.7 Å². The van der Waals surface area contributed by atoms with E-state index in [1.807, 2.05) is 31.2 Å². The van der Waals surface area contributed by atoms with Gasteiger partial charge in [0.25, 0.3) is 0 Å². The van der Waals surface area contributed by atoms with E-state index in [9.17, 15) is 9.59 Å². The first kappa shape index (κ1) is 18.3. The number of imidazole rings is 1. The van der Waals surface area contributed by atoms with Gasteiger partial charge in [-0.05, 0) is 25.0 Å². The van der Waals surface area contributed by atoms with Gasteiger partial charge in [0.2, 0.25) is 5.91 Å². The van der Waals surface area contributed by atoms with Crippen LogP contribution in [0.15, 0.2) is 29.1 Å². The minimum Gasteiger partial charge on any atom is -0.383 e. The number of nitrogens with zero attached hydrogens (tertiary/aromatic N) is 3. The normalized spacial score (nSPS) is 11.4. The summed E-state index contributed by atoms with van der Waals surface area (Å²) in [7, 11) is 1.62. The first-order valence-corrected chi connectivity index (χ1v) is 8.44. The predicted octanol–water partition coefficient (Wildman–Crippen LogP) is 1.95. The standard InChI is InChI=1S/C18H27N3O3/c1-5-20-15-8-6-7-9-16(15)21(18(20)23)13-17(22)19(10-11-24-4)12-14(2)3/h6-9,14H,5,10-13H2,1-4H3. The van der Waals surface area contributed by atoms with Crippen LogP contribution in [0.25, 0.3) is 11.0 Å². The van der Waals surface area contributed by atoms with E-state index in [2.05, 4.69) is 13.8 Å². The zero-order chi connectivity index (χ0) is 17.7. The number of amides is 1. The van der Waals surface area contributed by atoms with Gasteiger partial charge >= 0.3 is 5.69 Å². The molecular weight excluding hydrogens is 306 g/mol. The fourth-order valence-electron chi connectivity index (χ4n) is 2.93. The minimum atomic E-state index is -0.136. The molecule has 1 heterocycles. The monoisotopic (exact) mass is 333 g/mol. The average molecular weight is 333 g/mol. The van der Waals surface area contributed by atoms with Gasteiger partial charge in [-0.15, -0.1) is 0 Å². The maximum absolute atomic E-state index is 12.7. The van der Waals surface area contributed by atoms with Gasteiger partial charge in [-0.2, -0.15) is 0 Å². The molecule has 0 saturated heterocycles. The van der Waals surface area contributed by atoms with Crippen molar-refractivity contribution in [3.63, 3.8) is 0 Å². The Labute approximate surface area is 142 Å². The third-order valence-corrected chi connectivity index (χ3v) is 4.04. The summed E-state index contributed by atoms with van der Waals surface area (Å²) in [6, 6.07) is 7.60. The molecule has 0 aliphatic heterocycles. The van der Waals surface area contributed by atoms with Crippen LogP contribution in [-0.2, 0) is 22.6 Å². The number of hydrogen-bond acceptors (Lipinski definition) is 3. The number of benzene rings is 1. The second-order valence-electron chi connectivity index (χ2n) is 6.33. The zero-order valence-electron chi connectivity index (χ0n) is 15.0. The molecule has 0 saturated carbocycles. The van der Waals surface area contributed by atoms with Gasteiger partial charge in [0.05, 0.1) is 17.6 Å². The molecule has 6 heteroatoms. The zero-order valence-corrected chi connectivity index (χ0v) is 15.0. The van der Waals surface area contributed by atoms with Gasteiger partial charge in [0.15, 0.2) is 0 Å². The Bertz CT molecular complexity index is 746. The number of aryl methyl sites for hydroxylation is 1. The van der Waals surface area contributed by atoms with Crippen LogP contribution in [0.2, 0.25) is 0 Å². The van der Waals surface area contributed by atoms with E-state index in [-0.39, 0.29) is 18.1 Å². The highest BCUT2D eigenvalue weighted by molar-refractivity contribution is 5.81. The molecule has 0 unspecified atom stereocenters. The third kappa shape index (κ3) is 3.87. The van der Waals surface area contributed by atoms with Crippen molar-refractivity contribution in [2.45, 2.75) is 33.9 Å².